The molecule has 1 N–H and O–H groups in total. The molecular formula is C16H21NO3S2. The summed E-state index contributed by atoms with van der Waals surface area (Å²) in [5.74, 6) is -0.480. The number of hydrogen-bond donors (Lipinski definition) is 1. The van der Waals surface area contributed by atoms with E-state index >= 15 is 0 Å². The number of thioether (sulfide) groups is 1. The van der Waals surface area contributed by atoms with Crippen LogP contribution in [0.15, 0.2) is 29.2 Å². The van der Waals surface area contributed by atoms with E-state index < -0.39 is 15.8 Å². The number of carbonyl (C=O) groups excluding carboxylic acids is 1. The Morgan fingerprint density at radius 2 is 1.77 bits per heavy atom. The summed E-state index contributed by atoms with van der Waals surface area (Å²) in [4.78, 5) is 13.3. The number of rotatable bonds is 4. The number of benzene rings is 1. The van der Waals surface area contributed by atoms with Crippen molar-refractivity contribution in [3.63, 3.8) is 0 Å². The van der Waals surface area contributed by atoms with E-state index in [1.807, 2.05) is 36.0 Å². The van der Waals surface area contributed by atoms with Crippen LogP contribution in [0.5, 0.6) is 0 Å². The van der Waals surface area contributed by atoms with Gasteiger partial charge in [0.15, 0.2) is 9.84 Å². The van der Waals surface area contributed by atoms with Gasteiger partial charge in [-0.05, 0) is 43.5 Å². The lowest BCUT2D eigenvalue weighted by molar-refractivity contribution is -0.119. The molecule has 1 atom stereocenters. The van der Waals surface area contributed by atoms with E-state index in [2.05, 4.69) is 5.32 Å². The van der Waals surface area contributed by atoms with Crippen LogP contribution in [0.2, 0.25) is 0 Å². The Labute approximate surface area is 136 Å². The summed E-state index contributed by atoms with van der Waals surface area (Å²) in [6, 6.07) is 7.87. The first kappa shape index (κ1) is 15.9. The first-order valence-electron chi connectivity index (χ1n) is 7.80. The number of nitrogens with one attached hydrogen (secondary N) is 1. The maximum atomic E-state index is 12.1. The molecule has 1 saturated heterocycles. The van der Waals surface area contributed by atoms with E-state index in [0.717, 1.165) is 10.9 Å². The average molecular weight is 339 g/mol. The maximum absolute atomic E-state index is 12.1. The van der Waals surface area contributed by atoms with E-state index in [1.54, 1.807) is 0 Å². The summed E-state index contributed by atoms with van der Waals surface area (Å²) in [5.41, 5.74) is 0.741. The molecular weight excluding hydrogens is 318 g/mol. The summed E-state index contributed by atoms with van der Waals surface area (Å²) in [5, 5.41) is 3.56. The average Bonchev–Trinajstić information content (AvgIpc) is 3.10. The smallest absolute Gasteiger partial charge is 0.228 e. The minimum absolute atomic E-state index is 0.0194. The van der Waals surface area contributed by atoms with E-state index in [0.29, 0.717) is 6.42 Å². The lowest BCUT2D eigenvalue weighted by Gasteiger charge is -2.11. The lowest BCUT2D eigenvalue weighted by atomic mass is 10.1. The van der Waals surface area contributed by atoms with Gasteiger partial charge in [-0.2, -0.15) is 0 Å². The van der Waals surface area contributed by atoms with Gasteiger partial charge in [0.2, 0.25) is 5.91 Å². The normalized spacial score (nSPS) is 24.5. The third-order valence-corrected chi connectivity index (χ3v) is 7.45. The fraction of sp³-hybridized carbons (Fsp3) is 0.562. The molecule has 1 aliphatic carbocycles. The Morgan fingerprint density at radius 1 is 1.09 bits per heavy atom. The Bertz CT molecular complexity index is 634. The van der Waals surface area contributed by atoms with Crippen LogP contribution in [0.4, 0.5) is 5.69 Å². The monoisotopic (exact) mass is 339 g/mol. The van der Waals surface area contributed by atoms with Gasteiger partial charge >= 0.3 is 0 Å². The van der Waals surface area contributed by atoms with Crippen LogP contribution in [0.3, 0.4) is 0 Å². The third-order valence-electron chi connectivity index (χ3n) is 4.33. The van der Waals surface area contributed by atoms with Crippen molar-refractivity contribution in [2.75, 3.05) is 16.8 Å². The van der Waals surface area contributed by atoms with Crippen LogP contribution in [-0.4, -0.2) is 31.1 Å². The predicted molar refractivity (Wildman–Crippen MR) is 89.9 cm³/mol. The van der Waals surface area contributed by atoms with Crippen LogP contribution < -0.4 is 5.32 Å². The third kappa shape index (κ3) is 4.04. The summed E-state index contributed by atoms with van der Waals surface area (Å²) in [6.07, 6.45) is 5.68. The van der Waals surface area contributed by atoms with Gasteiger partial charge in [-0.1, -0.05) is 12.8 Å². The number of hydrogen-bond acceptors (Lipinski definition) is 4. The molecule has 1 saturated carbocycles. The summed E-state index contributed by atoms with van der Waals surface area (Å²) in [6.45, 7) is 0. The number of amides is 1. The quantitative estimate of drug-likeness (QED) is 0.915. The lowest BCUT2D eigenvalue weighted by Crippen LogP contribution is -2.23. The molecule has 2 aliphatic rings. The molecule has 6 heteroatoms. The minimum atomic E-state index is -3.02. The fourth-order valence-corrected chi connectivity index (χ4v) is 6.05. The van der Waals surface area contributed by atoms with Crippen LogP contribution in [0, 0.1) is 5.92 Å². The standard InChI is InChI=1S/C16H21NO3S2/c18-16(12-9-10-22(19,20)11-12)17-13-5-7-15(8-6-13)21-14-3-1-2-4-14/h5-8,12,14H,1-4,9-11H2,(H,17,18)/t12-/m0/s1. The summed E-state index contributed by atoms with van der Waals surface area (Å²) in [7, 11) is -3.02. The second-order valence-electron chi connectivity index (χ2n) is 6.14. The van der Waals surface area contributed by atoms with Crippen molar-refractivity contribution in [1.82, 2.24) is 0 Å². The molecule has 1 aromatic carbocycles. The molecule has 1 heterocycles. The van der Waals surface area contributed by atoms with Crippen LogP contribution in [-0.2, 0) is 14.6 Å². The second-order valence-corrected chi connectivity index (χ2v) is 9.74. The molecule has 120 valence electrons. The molecule has 0 bridgehead atoms. The molecule has 1 aliphatic heterocycles. The Kier molecular flexibility index (Phi) is 4.78. The van der Waals surface area contributed by atoms with Crippen molar-refractivity contribution in [3.05, 3.63) is 24.3 Å². The molecule has 0 unspecified atom stereocenters. The van der Waals surface area contributed by atoms with E-state index in [1.165, 1.54) is 30.6 Å². The van der Waals surface area contributed by atoms with Gasteiger partial charge in [-0.15, -0.1) is 11.8 Å². The zero-order chi connectivity index (χ0) is 15.6. The van der Waals surface area contributed by atoms with Crippen LogP contribution in [0.25, 0.3) is 0 Å². The minimum Gasteiger partial charge on any atom is -0.326 e. The number of sulfone groups is 1. The highest BCUT2D eigenvalue weighted by atomic mass is 32.2. The molecule has 0 radical (unpaired) electrons. The van der Waals surface area contributed by atoms with Gasteiger partial charge in [0.25, 0.3) is 0 Å². The van der Waals surface area contributed by atoms with Gasteiger partial charge in [0.05, 0.1) is 17.4 Å². The molecule has 1 aromatic rings. The predicted octanol–water partition coefficient (Wildman–Crippen LogP) is 3.09. The highest BCUT2D eigenvalue weighted by Gasteiger charge is 2.32. The van der Waals surface area contributed by atoms with Crippen molar-refractivity contribution in [1.29, 1.82) is 0 Å². The summed E-state index contributed by atoms with van der Waals surface area (Å²) < 4.78 is 22.8. The molecule has 0 spiro atoms. The molecule has 22 heavy (non-hydrogen) atoms. The number of anilines is 1. The van der Waals surface area contributed by atoms with Crippen molar-refractivity contribution in [2.45, 2.75) is 42.2 Å². The van der Waals surface area contributed by atoms with Crippen molar-refractivity contribution in [2.24, 2.45) is 5.92 Å². The molecule has 0 aromatic heterocycles. The Hall–Kier alpha value is -1.01. The maximum Gasteiger partial charge on any atom is 0.228 e. The van der Waals surface area contributed by atoms with E-state index in [-0.39, 0.29) is 17.4 Å². The van der Waals surface area contributed by atoms with Gasteiger partial charge in [-0.3, -0.25) is 4.79 Å². The first-order chi connectivity index (χ1) is 10.5. The molecule has 4 nitrogen and oxygen atoms in total. The zero-order valence-electron chi connectivity index (χ0n) is 12.5. The Morgan fingerprint density at radius 3 is 2.36 bits per heavy atom. The SMILES string of the molecule is O=C(Nc1ccc(SC2CCCC2)cc1)[C@H]1CCS(=O)(=O)C1. The van der Waals surface area contributed by atoms with Crippen molar-refractivity contribution in [3.8, 4) is 0 Å². The molecule has 3 rings (SSSR count). The van der Waals surface area contributed by atoms with Crippen molar-refractivity contribution >= 4 is 33.2 Å². The molecule has 2 fully saturated rings. The van der Waals surface area contributed by atoms with Gasteiger partial charge in [0, 0.05) is 15.8 Å². The topological polar surface area (TPSA) is 63.2 Å². The van der Waals surface area contributed by atoms with Crippen LogP contribution in [0.1, 0.15) is 32.1 Å². The van der Waals surface area contributed by atoms with Crippen molar-refractivity contribution < 1.29 is 13.2 Å². The van der Waals surface area contributed by atoms with E-state index in [4.69, 9.17) is 0 Å². The van der Waals surface area contributed by atoms with Gasteiger partial charge in [0.1, 0.15) is 0 Å². The fourth-order valence-electron chi connectivity index (χ4n) is 3.06. The van der Waals surface area contributed by atoms with E-state index in [9.17, 15) is 13.2 Å². The highest BCUT2D eigenvalue weighted by Crippen LogP contribution is 2.35. The van der Waals surface area contributed by atoms with Gasteiger partial charge < -0.3 is 5.32 Å². The second kappa shape index (κ2) is 6.62. The van der Waals surface area contributed by atoms with Crippen LogP contribution >= 0.6 is 11.8 Å². The Balaban J connectivity index is 1.55. The largest absolute Gasteiger partial charge is 0.326 e. The number of carbonyl (C=O) groups is 1. The summed E-state index contributed by atoms with van der Waals surface area (Å²) >= 11 is 1.91. The first-order valence-corrected chi connectivity index (χ1v) is 10.5. The molecule has 1 amide bonds. The zero-order valence-corrected chi connectivity index (χ0v) is 14.1. The van der Waals surface area contributed by atoms with Gasteiger partial charge in [-0.25, -0.2) is 8.42 Å². The highest BCUT2D eigenvalue weighted by molar-refractivity contribution is 8.00.